The van der Waals surface area contributed by atoms with Gasteiger partial charge in [-0.25, -0.2) is 4.98 Å². The Balaban J connectivity index is 1.48. The van der Waals surface area contributed by atoms with Gasteiger partial charge in [-0.2, -0.15) is 0 Å². The summed E-state index contributed by atoms with van der Waals surface area (Å²) in [4.78, 5) is 5.08. The quantitative estimate of drug-likeness (QED) is 0.272. The van der Waals surface area contributed by atoms with Crippen molar-refractivity contribution in [2.45, 2.75) is 0 Å². The molecule has 0 aliphatic carbocycles. The monoisotopic (exact) mass is 433 g/mol. The van der Waals surface area contributed by atoms with Crippen LogP contribution < -0.4 is 0 Å². The number of fused-ring (bicyclic) bond motifs is 7. The zero-order valence-electron chi connectivity index (χ0n) is 18.3. The van der Waals surface area contributed by atoms with Gasteiger partial charge in [-0.05, 0) is 48.5 Å². The lowest BCUT2D eigenvalue weighted by atomic mass is 10.1. The van der Waals surface area contributed by atoms with Gasteiger partial charge in [0, 0.05) is 32.8 Å². The molecule has 0 amide bonds. The molecule has 0 atom stereocenters. The van der Waals surface area contributed by atoms with E-state index < -0.39 is 0 Å². The molecule has 3 aromatic heterocycles. The molecular formula is C31H19N3. The first-order valence-electron chi connectivity index (χ1n) is 11.6. The molecule has 3 nitrogen and oxygen atoms in total. The smallest absolute Gasteiger partial charge is 0.145 e. The highest BCUT2D eigenvalue weighted by molar-refractivity contribution is 6.23. The number of rotatable bonds is 2. The van der Waals surface area contributed by atoms with Crippen molar-refractivity contribution in [2.24, 2.45) is 0 Å². The summed E-state index contributed by atoms with van der Waals surface area (Å²) in [6.45, 7) is 0. The molecule has 0 N–H and O–H groups in total. The van der Waals surface area contributed by atoms with Gasteiger partial charge in [-0.1, -0.05) is 66.7 Å². The second-order valence-corrected chi connectivity index (χ2v) is 8.88. The molecule has 0 saturated heterocycles. The molecule has 0 aliphatic rings. The van der Waals surface area contributed by atoms with Crippen molar-refractivity contribution in [3.05, 3.63) is 115 Å². The summed E-state index contributed by atoms with van der Waals surface area (Å²) in [6, 6.07) is 41.0. The van der Waals surface area contributed by atoms with Gasteiger partial charge in [0.25, 0.3) is 0 Å². The fourth-order valence-corrected chi connectivity index (χ4v) is 5.63. The highest BCUT2D eigenvalue weighted by atomic mass is 15.1. The average molecular weight is 434 g/mol. The molecule has 0 aliphatic heterocycles. The maximum Gasteiger partial charge on any atom is 0.145 e. The van der Waals surface area contributed by atoms with Crippen molar-refractivity contribution < 1.29 is 0 Å². The maximum absolute atomic E-state index is 5.08. The van der Waals surface area contributed by atoms with Crippen molar-refractivity contribution in [3.8, 4) is 17.1 Å². The van der Waals surface area contributed by atoms with Crippen LogP contribution in [0.2, 0.25) is 0 Å². The van der Waals surface area contributed by atoms with E-state index in [0.717, 1.165) is 28.1 Å². The number of nitrogens with zero attached hydrogens (tertiary/aromatic N) is 3. The molecule has 3 heterocycles. The van der Waals surface area contributed by atoms with Gasteiger partial charge in [0.2, 0.25) is 0 Å². The minimum Gasteiger partial charge on any atom is -0.308 e. The molecule has 0 fully saturated rings. The van der Waals surface area contributed by atoms with E-state index in [0.29, 0.717) is 0 Å². The van der Waals surface area contributed by atoms with Gasteiger partial charge in [0.15, 0.2) is 0 Å². The first-order chi connectivity index (χ1) is 16.9. The van der Waals surface area contributed by atoms with Crippen LogP contribution in [0.15, 0.2) is 115 Å². The van der Waals surface area contributed by atoms with Gasteiger partial charge in [-0.3, -0.25) is 4.57 Å². The Morgan fingerprint density at radius 1 is 0.500 bits per heavy atom. The summed E-state index contributed by atoms with van der Waals surface area (Å²) >= 11 is 0. The first kappa shape index (κ1) is 17.9. The van der Waals surface area contributed by atoms with E-state index in [1.54, 1.807) is 0 Å². The lowest BCUT2D eigenvalue weighted by molar-refractivity contribution is 1.10. The summed E-state index contributed by atoms with van der Waals surface area (Å²) in [5.74, 6) is 0.962. The third-order valence-corrected chi connectivity index (χ3v) is 7.06. The van der Waals surface area contributed by atoms with E-state index >= 15 is 0 Å². The SMILES string of the molecule is c1ccc(-n2c(-c3ccc4c(c3)c3cccc5c6ccccc6n4c53)nc3ccccc32)cc1. The third-order valence-electron chi connectivity index (χ3n) is 7.06. The van der Waals surface area contributed by atoms with Crippen LogP contribution >= 0.6 is 0 Å². The van der Waals surface area contributed by atoms with Crippen molar-refractivity contribution in [3.63, 3.8) is 0 Å². The predicted octanol–water partition coefficient (Wildman–Crippen LogP) is 7.84. The highest BCUT2D eigenvalue weighted by Crippen LogP contribution is 2.40. The van der Waals surface area contributed by atoms with Crippen molar-refractivity contribution in [2.75, 3.05) is 0 Å². The summed E-state index contributed by atoms with van der Waals surface area (Å²) in [5, 5.41) is 5.16. The Morgan fingerprint density at radius 3 is 2.06 bits per heavy atom. The van der Waals surface area contributed by atoms with E-state index in [1.165, 1.54) is 38.1 Å². The molecule has 0 radical (unpaired) electrons. The molecule has 0 bridgehead atoms. The van der Waals surface area contributed by atoms with Gasteiger partial charge < -0.3 is 4.40 Å². The maximum atomic E-state index is 5.08. The standard InChI is InChI=1S/C31H19N3/c1-2-9-21(10-3-1)33-29-16-7-5-14-26(29)32-31(33)20-17-18-28-25(19-20)24-13-8-12-23-22-11-4-6-15-27(22)34(28)30(23)24/h1-19H. The van der Waals surface area contributed by atoms with Crippen LogP contribution in [0.25, 0.3) is 66.2 Å². The van der Waals surface area contributed by atoms with Crippen LogP contribution in [0.5, 0.6) is 0 Å². The summed E-state index contributed by atoms with van der Waals surface area (Å²) in [6.07, 6.45) is 0. The Kier molecular flexibility index (Phi) is 3.39. The minimum atomic E-state index is 0.962. The number of hydrogen-bond donors (Lipinski definition) is 0. The molecule has 5 aromatic carbocycles. The topological polar surface area (TPSA) is 22.2 Å². The number of imidazole rings is 1. The molecule has 8 rings (SSSR count). The van der Waals surface area contributed by atoms with Gasteiger partial charge in [0.05, 0.1) is 27.6 Å². The van der Waals surface area contributed by atoms with Gasteiger partial charge >= 0.3 is 0 Å². The minimum absolute atomic E-state index is 0.962. The fourth-order valence-electron chi connectivity index (χ4n) is 5.63. The molecule has 3 heteroatoms. The Hall–Kier alpha value is -4.63. The van der Waals surface area contributed by atoms with Gasteiger partial charge in [-0.15, -0.1) is 0 Å². The normalized spacial score (nSPS) is 12.1. The largest absolute Gasteiger partial charge is 0.308 e. The van der Waals surface area contributed by atoms with Gasteiger partial charge in [0.1, 0.15) is 5.82 Å². The van der Waals surface area contributed by atoms with Crippen molar-refractivity contribution in [1.29, 1.82) is 0 Å². The summed E-state index contributed by atoms with van der Waals surface area (Å²) in [5.41, 5.74) is 8.14. The van der Waals surface area contributed by atoms with Crippen LogP contribution in [-0.4, -0.2) is 14.0 Å². The van der Waals surface area contributed by atoms with Crippen LogP contribution in [-0.2, 0) is 0 Å². The average Bonchev–Trinajstić information content (AvgIpc) is 3.56. The lowest BCUT2D eigenvalue weighted by Gasteiger charge is -2.10. The zero-order chi connectivity index (χ0) is 22.2. The Bertz CT molecular complexity index is 2010. The number of aromatic nitrogens is 3. The highest BCUT2D eigenvalue weighted by Gasteiger charge is 2.19. The number of para-hydroxylation sites is 5. The van der Waals surface area contributed by atoms with E-state index in [1.807, 2.05) is 0 Å². The van der Waals surface area contributed by atoms with E-state index in [4.69, 9.17) is 4.98 Å². The number of benzene rings is 5. The van der Waals surface area contributed by atoms with Crippen LogP contribution in [0.4, 0.5) is 0 Å². The molecule has 158 valence electrons. The molecule has 34 heavy (non-hydrogen) atoms. The summed E-state index contributed by atoms with van der Waals surface area (Å²) in [7, 11) is 0. The first-order valence-corrected chi connectivity index (χ1v) is 11.6. The second kappa shape index (κ2) is 6.46. The molecule has 0 spiro atoms. The summed E-state index contributed by atoms with van der Waals surface area (Å²) < 4.78 is 4.68. The van der Waals surface area contributed by atoms with Crippen molar-refractivity contribution in [1.82, 2.24) is 14.0 Å². The van der Waals surface area contributed by atoms with Crippen LogP contribution in [0.1, 0.15) is 0 Å². The second-order valence-electron chi connectivity index (χ2n) is 8.88. The van der Waals surface area contributed by atoms with Crippen LogP contribution in [0, 0.1) is 0 Å². The molecule has 0 saturated carbocycles. The third kappa shape index (κ3) is 2.23. The fraction of sp³-hybridized carbons (Fsp3) is 0. The lowest BCUT2D eigenvalue weighted by Crippen LogP contribution is -1.97. The number of hydrogen-bond acceptors (Lipinski definition) is 1. The van der Waals surface area contributed by atoms with Crippen molar-refractivity contribution >= 4 is 49.1 Å². The zero-order valence-corrected chi connectivity index (χ0v) is 18.3. The molecule has 8 aromatic rings. The van der Waals surface area contributed by atoms with E-state index in [9.17, 15) is 0 Å². The molecular weight excluding hydrogens is 414 g/mol. The Labute approximate surface area is 195 Å². The predicted molar refractivity (Wildman–Crippen MR) is 141 cm³/mol. The van der Waals surface area contributed by atoms with E-state index in [2.05, 4.69) is 124 Å². The van der Waals surface area contributed by atoms with E-state index in [-0.39, 0.29) is 0 Å². The Morgan fingerprint density at radius 2 is 1.18 bits per heavy atom. The van der Waals surface area contributed by atoms with Crippen LogP contribution in [0.3, 0.4) is 0 Å². The molecule has 0 unspecified atom stereocenters.